The molecule has 2 aromatic rings. The van der Waals surface area contributed by atoms with Crippen LogP contribution in [0, 0.1) is 5.82 Å². The molecular weight excluding hydrogens is 343 g/mol. The van der Waals surface area contributed by atoms with Gasteiger partial charge >= 0.3 is 0 Å². The molecule has 1 aliphatic carbocycles. The third-order valence-corrected chi connectivity index (χ3v) is 5.72. The predicted octanol–water partition coefficient (Wildman–Crippen LogP) is 2.30. The van der Waals surface area contributed by atoms with Crippen LogP contribution in [0.3, 0.4) is 0 Å². The minimum Gasteiger partial charge on any atom is -0.352 e. The second-order valence-electron chi connectivity index (χ2n) is 6.05. The molecule has 25 heavy (non-hydrogen) atoms. The summed E-state index contributed by atoms with van der Waals surface area (Å²) in [5.41, 5.74) is 0.771. The van der Waals surface area contributed by atoms with Crippen molar-refractivity contribution in [2.24, 2.45) is 0 Å². The zero-order valence-corrected chi connectivity index (χ0v) is 14.4. The van der Waals surface area contributed by atoms with Crippen molar-refractivity contribution < 1.29 is 17.6 Å². The Morgan fingerprint density at radius 3 is 2.32 bits per heavy atom. The van der Waals surface area contributed by atoms with E-state index < -0.39 is 15.8 Å². The summed E-state index contributed by atoms with van der Waals surface area (Å²) >= 11 is 0. The molecule has 1 amide bonds. The molecule has 5 nitrogen and oxygen atoms in total. The Balaban J connectivity index is 1.85. The van der Waals surface area contributed by atoms with E-state index in [4.69, 9.17) is 0 Å². The van der Waals surface area contributed by atoms with Crippen molar-refractivity contribution in [3.8, 4) is 0 Å². The van der Waals surface area contributed by atoms with E-state index in [9.17, 15) is 17.6 Å². The largest absolute Gasteiger partial charge is 0.352 e. The Hall–Kier alpha value is -2.25. The molecule has 132 valence electrons. The average molecular weight is 362 g/mol. The zero-order chi connectivity index (χ0) is 17.9. The van der Waals surface area contributed by atoms with E-state index in [-0.39, 0.29) is 29.9 Å². The summed E-state index contributed by atoms with van der Waals surface area (Å²) in [7, 11) is -3.92. The molecule has 1 aliphatic rings. The van der Waals surface area contributed by atoms with Gasteiger partial charge < -0.3 is 5.32 Å². The van der Waals surface area contributed by atoms with Crippen LogP contribution in [0.4, 0.5) is 4.39 Å². The van der Waals surface area contributed by atoms with Gasteiger partial charge in [0.05, 0.1) is 11.4 Å². The quantitative estimate of drug-likeness (QED) is 0.822. The number of rotatable bonds is 7. The Kier molecular flexibility index (Phi) is 5.15. The molecular formula is C18H19FN2O3S. The van der Waals surface area contributed by atoms with Gasteiger partial charge in [0.2, 0.25) is 15.9 Å². The van der Waals surface area contributed by atoms with Crippen LogP contribution in [0.5, 0.6) is 0 Å². The maximum absolute atomic E-state index is 13.1. The molecule has 1 saturated carbocycles. The van der Waals surface area contributed by atoms with Crippen molar-refractivity contribution >= 4 is 15.9 Å². The summed E-state index contributed by atoms with van der Waals surface area (Å²) < 4.78 is 40.0. The standard InChI is InChI=1S/C18H19FN2O3S/c19-15-6-10-17(11-7-15)25(23,24)21(12-14-4-2-1-3-5-14)13-18(22)20-16-8-9-16/h1-7,10-11,16H,8-9,12-13H2,(H,20,22). The van der Waals surface area contributed by atoms with E-state index in [1.54, 1.807) is 12.1 Å². The number of halogens is 1. The number of hydrogen-bond donors (Lipinski definition) is 1. The van der Waals surface area contributed by atoms with Gasteiger partial charge in [-0.2, -0.15) is 4.31 Å². The first-order valence-corrected chi connectivity index (χ1v) is 9.48. The van der Waals surface area contributed by atoms with Gasteiger partial charge in [0.25, 0.3) is 0 Å². The van der Waals surface area contributed by atoms with Crippen molar-refractivity contribution in [1.29, 1.82) is 0 Å². The fourth-order valence-electron chi connectivity index (χ4n) is 2.43. The van der Waals surface area contributed by atoms with Crippen molar-refractivity contribution in [2.45, 2.75) is 30.3 Å². The molecule has 1 N–H and O–H groups in total. The van der Waals surface area contributed by atoms with Crippen LogP contribution in [0.2, 0.25) is 0 Å². The number of benzene rings is 2. The number of carbonyl (C=O) groups excluding carboxylic acids is 1. The van der Waals surface area contributed by atoms with Crippen LogP contribution in [0.1, 0.15) is 18.4 Å². The van der Waals surface area contributed by atoms with E-state index in [0.29, 0.717) is 0 Å². The van der Waals surface area contributed by atoms with E-state index in [2.05, 4.69) is 5.32 Å². The fourth-order valence-corrected chi connectivity index (χ4v) is 3.81. The third-order valence-electron chi connectivity index (χ3n) is 3.92. The Morgan fingerprint density at radius 1 is 1.08 bits per heavy atom. The van der Waals surface area contributed by atoms with Gasteiger partial charge in [-0.05, 0) is 42.7 Å². The number of amides is 1. The van der Waals surface area contributed by atoms with Crippen molar-refractivity contribution in [1.82, 2.24) is 9.62 Å². The van der Waals surface area contributed by atoms with Gasteiger partial charge in [0.1, 0.15) is 5.82 Å². The summed E-state index contributed by atoms with van der Waals surface area (Å²) in [6.45, 7) is -0.205. The van der Waals surface area contributed by atoms with Crippen LogP contribution in [-0.4, -0.2) is 31.2 Å². The van der Waals surface area contributed by atoms with Gasteiger partial charge in [-0.1, -0.05) is 30.3 Å². The molecule has 0 radical (unpaired) electrons. The molecule has 3 rings (SSSR count). The van der Waals surface area contributed by atoms with Crippen LogP contribution in [0.25, 0.3) is 0 Å². The highest BCUT2D eigenvalue weighted by molar-refractivity contribution is 7.89. The molecule has 0 atom stereocenters. The van der Waals surface area contributed by atoms with Crippen LogP contribution in [-0.2, 0) is 21.4 Å². The molecule has 0 spiro atoms. The SMILES string of the molecule is O=C(CN(Cc1ccccc1)S(=O)(=O)c1ccc(F)cc1)NC1CC1. The molecule has 0 saturated heterocycles. The number of carbonyl (C=O) groups is 1. The Bertz CT molecular complexity index is 834. The van der Waals surface area contributed by atoms with Gasteiger partial charge in [-0.15, -0.1) is 0 Å². The predicted molar refractivity (Wildman–Crippen MR) is 91.6 cm³/mol. The second-order valence-corrected chi connectivity index (χ2v) is 7.99. The molecule has 0 unspecified atom stereocenters. The summed E-state index contributed by atoms with van der Waals surface area (Å²) in [5, 5.41) is 2.80. The Labute approximate surface area is 146 Å². The lowest BCUT2D eigenvalue weighted by Crippen LogP contribution is -2.41. The highest BCUT2D eigenvalue weighted by Gasteiger charge is 2.29. The van der Waals surface area contributed by atoms with E-state index in [1.165, 1.54) is 12.1 Å². The monoisotopic (exact) mass is 362 g/mol. The van der Waals surface area contributed by atoms with Gasteiger partial charge in [0.15, 0.2) is 0 Å². The lowest BCUT2D eigenvalue weighted by atomic mass is 10.2. The molecule has 2 aromatic carbocycles. The van der Waals surface area contributed by atoms with Crippen molar-refractivity contribution in [2.75, 3.05) is 6.54 Å². The molecule has 1 fully saturated rings. The highest BCUT2D eigenvalue weighted by atomic mass is 32.2. The average Bonchev–Trinajstić information content (AvgIpc) is 3.39. The topological polar surface area (TPSA) is 66.5 Å². The van der Waals surface area contributed by atoms with Gasteiger partial charge in [0, 0.05) is 12.6 Å². The zero-order valence-electron chi connectivity index (χ0n) is 13.6. The summed E-state index contributed by atoms with van der Waals surface area (Å²) in [6.07, 6.45) is 1.85. The molecule has 0 aliphatic heterocycles. The second kappa shape index (κ2) is 7.33. The molecule has 0 bridgehead atoms. The normalized spacial score (nSPS) is 14.5. The number of nitrogens with zero attached hydrogens (tertiary/aromatic N) is 1. The number of hydrogen-bond acceptors (Lipinski definition) is 3. The first kappa shape index (κ1) is 17.6. The minimum absolute atomic E-state index is 0.0379. The van der Waals surface area contributed by atoms with E-state index >= 15 is 0 Å². The maximum atomic E-state index is 13.1. The third kappa shape index (κ3) is 4.64. The highest BCUT2D eigenvalue weighted by Crippen LogP contribution is 2.21. The summed E-state index contributed by atoms with van der Waals surface area (Å²) in [5.74, 6) is -0.843. The van der Waals surface area contributed by atoms with Gasteiger partial charge in [-0.3, -0.25) is 4.79 Å². The molecule has 0 aromatic heterocycles. The summed E-state index contributed by atoms with van der Waals surface area (Å²) in [4.78, 5) is 12.1. The maximum Gasteiger partial charge on any atom is 0.243 e. The summed E-state index contributed by atoms with van der Waals surface area (Å²) in [6, 6.07) is 13.8. The number of sulfonamides is 1. The molecule has 0 heterocycles. The Morgan fingerprint density at radius 2 is 1.72 bits per heavy atom. The van der Waals surface area contributed by atoms with Crippen molar-refractivity contribution in [3.63, 3.8) is 0 Å². The van der Waals surface area contributed by atoms with Crippen molar-refractivity contribution in [3.05, 3.63) is 66.0 Å². The van der Waals surface area contributed by atoms with E-state index in [0.717, 1.165) is 34.8 Å². The van der Waals surface area contributed by atoms with Crippen LogP contribution < -0.4 is 5.32 Å². The lowest BCUT2D eigenvalue weighted by molar-refractivity contribution is -0.121. The smallest absolute Gasteiger partial charge is 0.243 e. The van der Waals surface area contributed by atoms with Crippen LogP contribution >= 0.6 is 0 Å². The molecule has 7 heteroatoms. The van der Waals surface area contributed by atoms with Gasteiger partial charge in [-0.25, -0.2) is 12.8 Å². The first-order valence-electron chi connectivity index (χ1n) is 8.04. The van der Waals surface area contributed by atoms with Crippen LogP contribution in [0.15, 0.2) is 59.5 Å². The lowest BCUT2D eigenvalue weighted by Gasteiger charge is -2.22. The number of nitrogens with one attached hydrogen (secondary N) is 1. The fraction of sp³-hybridized carbons (Fsp3) is 0.278. The first-order chi connectivity index (χ1) is 11.9. The minimum atomic E-state index is -3.92. The van der Waals surface area contributed by atoms with E-state index in [1.807, 2.05) is 18.2 Å².